The van der Waals surface area contributed by atoms with Gasteiger partial charge in [-0.05, 0) is 47.0 Å². The quantitative estimate of drug-likeness (QED) is 0.876. The molecule has 1 aromatic rings. The van der Waals surface area contributed by atoms with Crippen molar-refractivity contribution in [2.24, 2.45) is 5.73 Å². The van der Waals surface area contributed by atoms with E-state index in [1.807, 2.05) is 0 Å². The maximum Gasteiger partial charge on any atom is 0.137 e. The van der Waals surface area contributed by atoms with Crippen molar-refractivity contribution in [3.8, 4) is 0 Å². The molecule has 0 spiro atoms. The lowest BCUT2D eigenvalue weighted by atomic mass is 9.90. The summed E-state index contributed by atoms with van der Waals surface area (Å²) in [5.74, 6) is -0.336. The minimum Gasteiger partial charge on any atom is -0.396 e. The number of hydrogen-bond donors (Lipinski definition) is 2. The Hall–Kier alpha value is -0.450. The first kappa shape index (κ1) is 11.6. The molecule has 0 bridgehead atoms. The summed E-state index contributed by atoms with van der Waals surface area (Å²) >= 11 is 3.07. The molecule has 0 radical (unpaired) electrons. The molecule has 0 unspecified atom stereocenters. The zero-order valence-corrected chi connectivity index (χ0v) is 9.51. The van der Waals surface area contributed by atoms with Crippen molar-refractivity contribution in [3.05, 3.63) is 34.1 Å². The van der Waals surface area contributed by atoms with Crippen molar-refractivity contribution < 1.29 is 9.50 Å². The molecule has 2 nitrogen and oxygen atoms in total. The van der Waals surface area contributed by atoms with Crippen LogP contribution in [-0.4, -0.2) is 11.7 Å². The molecular formula is C10H13BrFNO. The van der Waals surface area contributed by atoms with E-state index >= 15 is 0 Å². The van der Waals surface area contributed by atoms with Gasteiger partial charge < -0.3 is 10.8 Å². The Morgan fingerprint density at radius 1 is 1.57 bits per heavy atom. The second kappa shape index (κ2) is 4.38. The van der Waals surface area contributed by atoms with E-state index in [1.165, 1.54) is 6.07 Å². The van der Waals surface area contributed by atoms with Crippen LogP contribution in [-0.2, 0) is 5.54 Å². The Balaban J connectivity index is 3.01. The highest BCUT2D eigenvalue weighted by molar-refractivity contribution is 9.10. The minimum atomic E-state index is -0.684. The van der Waals surface area contributed by atoms with Crippen LogP contribution in [0.25, 0.3) is 0 Å². The molecule has 0 aromatic heterocycles. The lowest BCUT2D eigenvalue weighted by Crippen LogP contribution is -2.34. The summed E-state index contributed by atoms with van der Waals surface area (Å²) in [6.07, 6.45) is 0.411. The summed E-state index contributed by atoms with van der Waals surface area (Å²) in [5, 5.41) is 8.80. The van der Waals surface area contributed by atoms with Crippen molar-refractivity contribution in [1.82, 2.24) is 0 Å². The van der Waals surface area contributed by atoms with Gasteiger partial charge in [0, 0.05) is 12.1 Å². The number of rotatable bonds is 3. The predicted octanol–water partition coefficient (Wildman–Crippen LogP) is 2.14. The van der Waals surface area contributed by atoms with Gasteiger partial charge in [-0.1, -0.05) is 6.07 Å². The lowest BCUT2D eigenvalue weighted by Gasteiger charge is -2.24. The Labute approximate surface area is 91.1 Å². The van der Waals surface area contributed by atoms with Crippen molar-refractivity contribution in [2.75, 3.05) is 6.61 Å². The maximum absolute atomic E-state index is 13.2. The van der Waals surface area contributed by atoms with Gasteiger partial charge in [0.2, 0.25) is 0 Å². The molecule has 78 valence electrons. The fraction of sp³-hybridized carbons (Fsp3) is 0.400. The van der Waals surface area contributed by atoms with Crippen LogP contribution < -0.4 is 5.73 Å². The Bertz CT molecular complexity index is 328. The first-order valence-corrected chi connectivity index (χ1v) is 5.12. The topological polar surface area (TPSA) is 46.2 Å². The van der Waals surface area contributed by atoms with Crippen molar-refractivity contribution >= 4 is 15.9 Å². The number of aliphatic hydroxyl groups excluding tert-OH is 1. The highest BCUT2D eigenvalue weighted by atomic mass is 79.9. The van der Waals surface area contributed by atoms with Gasteiger partial charge in [0.05, 0.1) is 4.47 Å². The Morgan fingerprint density at radius 2 is 2.21 bits per heavy atom. The molecule has 1 rings (SSSR count). The highest BCUT2D eigenvalue weighted by Crippen LogP contribution is 2.25. The fourth-order valence-corrected chi connectivity index (χ4v) is 1.47. The predicted molar refractivity (Wildman–Crippen MR) is 57.3 cm³/mol. The Morgan fingerprint density at radius 3 is 2.71 bits per heavy atom. The third-order valence-corrected chi connectivity index (χ3v) is 2.85. The standard InChI is InChI=1S/C10H13BrFNO/c1-10(13,4-5-14)7-2-3-8(11)9(12)6-7/h2-3,6,14H,4-5,13H2,1H3/t10-/m1/s1. The monoisotopic (exact) mass is 261 g/mol. The molecule has 3 N–H and O–H groups in total. The van der Waals surface area contributed by atoms with Crippen molar-refractivity contribution in [1.29, 1.82) is 0 Å². The van der Waals surface area contributed by atoms with E-state index in [4.69, 9.17) is 10.8 Å². The van der Waals surface area contributed by atoms with Gasteiger partial charge in [-0.2, -0.15) is 0 Å². The normalized spacial score (nSPS) is 15.2. The van der Waals surface area contributed by atoms with Crippen LogP contribution in [0, 0.1) is 5.82 Å². The number of benzene rings is 1. The number of aliphatic hydroxyl groups is 1. The van der Waals surface area contributed by atoms with Gasteiger partial charge in [0.15, 0.2) is 0 Å². The summed E-state index contributed by atoms with van der Waals surface area (Å²) in [7, 11) is 0. The first-order valence-electron chi connectivity index (χ1n) is 4.32. The van der Waals surface area contributed by atoms with Gasteiger partial charge in [-0.15, -0.1) is 0 Å². The zero-order chi connectivity index (χ0) is 10.8. The molecular weight excluding hydrogens is 249 g/mol. The number of nitrogens with two attached hydrogens (primary N) is 1. The largest absolute Gasteiger partial charge is 0.396 e. The van der Waals surface area contributed by atoms with Crippen LogP contribution in [0.1, 0.15) is 18.9 Å². The van der Waals surface area contributed by atoms with Crippen LogP contribution in [0.2, 0.25) is 0 Å². The number of hydrogen-bond acceptors (Lipinski definition) is 2. The summed E-state index contributed by atoms with van der Waals surface area (Å²) in [5.41, 5.74) is 5.93. The van der Waals surface area contributed by atoms with E-state index in [0.717, 1.165) is 0 Å². The molecule has 0 saturated carbocycles. The number of halogens is 2. The first-order chi connectivity index (χ1) is 6.47. The van der Waals surface area contributed by atoms with E-state index in [2.05, 4.69) is 15.9 Å². The molecule has 0 heterocycles. The van der Waals surface area contributed by atoms with Crippen LogP contribution in [0.15, 0.2) is 22.7 Å². The smallest absolute Gasteiger partial charge is 0.137 e. The van der Waals surface area contributed by atoms with Gasteiger partial charge in [0.1, 0.15) is 5.82 Å². The molecule has 0 amide bonds. The second-order valence-corrected chi connectivity index (χ2v) is 4.37. The van der Waals surface area contributed by atoms with Crippen LogP contribution in [0.3, 0.4) is 0 Å². The molecule has 1 atom stereocenters. The van der Waals surface area contributed by atoms with E-state index in [-0.39, 0.29) is 12.4 Å². The summed E-state index contributed by atoms with van der Waals surface area (Å²) < 4.78 is 13.6. The molecule has 4 heteroatoms. The zero-order valence-electron chi connectivity index (χ0n) is 7.93. The average Bonchev–Trinajstić information content (AvgIpc) is 2.09. The highest BCUT2D eigenvalue weighted by Gasteiger charge is 2.21. The van der Waals surface area contributed by atoms with E-state index in [1.54, 1.807) is 19.1 Å². The average molecular weight is 262 g/mol. The fourth-order valence-electron chi connectivity index (χ4n) is 1.23. The summed E-state index contributed by atoms with van der Waals surface area (Å²) in [6, 6.07) is 4.76. The molecule has 0 fully saturated rings. The van der Waals surface area contributed by atoms with E-state index in [9.17, 15) is 4.39 Å². The minimum absolute atomic E-state index is 0.00924. The SMILES string of the molecule is C[C@@](N)(CCO)c1ccc(Br)c(F)c1. The summed E-state index contributed by atoms with van der Waals surface area (Å²) in [4.78, 5) is 0. The van der Waals surface area contributed by atoms with Gasteiger partial charge in [-0.25, -0.2) is 4.39 Å². The lowest BCUT2D eigenvalue weighted by molar-refractivity contribution is 0.247. The molecule has 1 aromatic carbocycles. The van der Waals surface area contributed by atoms with Crippen LogP contribution >= 0.6 is 15.9 Å². The Kier molecular flexibility index (Phi) is 3.64. The second-order valence-electron chi connectivity index (χ2n) is 3.52. The van der Waals surface area contributed by atoms with Gasteiger partial charge in [0.25, 0.3) is 0 Å². The molecule has 0 aliphatic carbocycles. The van der Waals surface area contributed by atoms with E-state index in [0.29, 0.717) is 16.5 Å². The summed E-state index contributed by atoms with van der Waals surface area (Å²) in [6.45, 7) is 1.76. The van der Waals surface area contributed by atoms with Crippen molar-refractivity contribution in [2.45, 2.75) is 18.9 Å². The van der Waals surface area contributed by atoms with E-state index < -0.39 is 5.54 Å². The van der Waals surface area contributed by atoms with Gasteiger partial charge >= 0.3 is 0 Å². The molecule has 0 aliphatic heterocycles. The van der Waals surface area contributed by atoms with Crippen LogP contribution in [0.4, 0.5) is 4.39 Å². The third kappa shape index (κ3) is 2.53. The molecule has 0 saturated heterocycles. The third-order valence-electron chi connectivity index (χ3n) is 2.21. The van der Waals surface area contributed by atoms with Gasteiger partial charge in [-0.3, -0.25) is 0 Å². The molecule has 14 heavy (non-hydrogen) atoms. The molecule has 0 aliphatic rings. The maximum atomic E-state index is 13.2. The van der Waals surface area contributed by atoms with Crippen molar-refractivity contribution in [3.63, 3.8) is 0 Å². The van der Waals surface area contributed by atoms with Crippen LogP contribution in [0.5, 0.6) is 0 Å².